The van der Waals surface area contributed by atoms with E-state index in [1.807, 2.05) is 37.3 Å². The first kappa shape index (κ1) is 17.7. The summed E-state index contributed by atoms with van der Waals surface area (Å²) in [6, 6.07) is 9.62. The third kappa shape index (κ3) is 5.49. The zero-order valence-electron chi connectivity index (χ0n) is 13.8. The number of hydrogen-bond donors (Lipinski definition) is 0. The average Bonchev–Trinajstić information content (AvgIpc) is 2.80. The molecule has 6 heteroatoms. The van der Waals surface area contributed by atoms with Crippen molar-refractivity contribution in [1.82, 2.24) is 4.90 Å². The molecule has 6 nitrogen and oxygen atoms in total. The molecule has 2 rings (SSSR count). The summed E-state index contributed by atoms with van der Waals surface area (Å²) in [5, 5.41) is 0. The second-order valence-electron chi connectivity index (χ2n) is 5.33. The van der Waals surface area contributed by atoms with E-state index in [0.29, 0.717) is 32.9 Å². The van der Waals surface area contributed by atoms with Gasteiger partial charge in [0.2, 0.25) is 0 Å². The smallest absolute Gasteiger partial charge is 0.410 e. The van der Waals surface area contributed by atoms with E-state index in [1.54, 1.807) is 12.0 Å². The molecule has 1 aromatic carbocycles. The van der Waals surface area contributed by atoms with Gasteiger partial charge in [-0.1, -0.05) is 30.3 Å². The minimum atomic E-state index is -0.350. The fourth-order valence-corrected chi connectivity index (χ4v) is 2.44. The SMILES string of the molecule is CCOC[C@H]1OCCN(C(=O)OCc2ccccc2)C[C@@H]1OC. The van der Waals surface area contributed by atoms with E-state index in [-0.39, 0.29) is 24.9 Å². The second kappa shape index (κ2) is 9.50. The zero-order valence-corrected chi connectivity index (χ0v) is 13.8. The highest BCUT2D eigenvalue weighted by molar-refractivity contribution is 5.67. The number of benzene rings is 1. The quantitative estimate of drug-likeness (QED) is 0.802. The lowest BCUT2D eigenvalue weighted by atomic mass is 10.2. The Labute approximate surface area is 137 Å². The lowest BCUT2D eigenvalue weighted by molar-refractivity contribution is -0.0783. The Balaban J connectivity index is 1.87. The number of hydrogen-bond acceptors (Lipinski definition) is 5. The first-order valence-corrected chi connectivity index (χ1v) is 7.92. The first-order valence-electron chi connectivity index (χ1n) is 7.92. The highest BCUT2D eigenvalue weighted by Crippen LogP contribution is 2.13. The largest absolute Gasteiger partial charge is 0.445 e. The maximum Gasteiger partial charge on any atom is 0.410 e. The average molecular weight is 323 g/mol. The van der Waals surface area contributed by atoms with Crippen LogP contribution in [0.25, 0.3) is 0 Å². The summed E-state index contributed by atoms with van der Waals surface area (Å²) in [5.41, 5.74) is 0.962. The van der Waals surface area contributed by atoms with Gasteiger partial charge in [-0.15, -0.1) is 0 Å². The Bertz CT molecular complexity index is 467. The van der Waals surface area contributed by atoms with Crippen molar-refractivity contribution >= 4 is 6.09 Å². The summed E-state index contributed by atoms with van der Waals surface area (Å²) >= 11 is 0. The van der Waals surface area contributed by atoms with Gasteiger partial charge >= 0.3 is 6.09 Å². The lowest BCUT2D eigenvalue weighted by Gasteiger charge is -2.26. The molecule has 23 heavy (non-hydrogen) atoms. The molecule has 0 aromatic heterocycles. The van der Waals surface area contributed by atoms with E-state index in [2.05, 4.69) is 0 Å². The topological polar surface area (TPSA) is 57.2 Å². The van der Waals surface area contributed by atoms with Gasteiger partial charge < -0.3 is 23.8 Å². The van der Waals surface area contributed by atoms with Crippen LogP contribution in [0.15, 0.2) is 30.3 Å². The van der Waals surface area contributed by atoms with Crippen molar-refractivity contribution in [1.29, 1.82) is 0 Å². The van der Waals surface area contributed by atoms with Crippen molar-refractivity contribution in [3.63, 3.8) is 0 Å². The summed E-state index contributed by atoms with van der Waals surface area (Å²) < 4.78 is 22.0. The van der Waals surface area contributed by atoms with Crippen LogP contribution in [0.5, 0.6) is 0 Å². The summed E-state index contributed by atoms with van der Waals surface area (Å²) in [4.78, 5) is 13.9. The van der Waals surface area contributed by atoms with Gasteiger partial charge in [0.05, 0.1) is 19.8 Å². The van der Waals surface area contributed by atoms with Crippen molar-refractivity contribution in [2.75, 3.05) is 40.0 Å². The van der Waals surface area contributed by atoms with Crippen molar-refractivity contribution in [3.8, 4) is 0 Å². The van der Waals surface area contributed by atoms with Gasteiger partial charge in [0, 0.05) is 20.3 Å². The van der Waals surface area contributed by atoms with Gasteiger partial charge in [-0.3, -0.25) is 0 Å². The van der Waals surface area contributed by atoms with E-state index in [0.717, 1.165) is 5.56 Å². The van der Waals surface area contributed by atoms with E-state index in [9.17, 15) is 4.79 Å². The van der Waals surface area contributed by atoms with Gasteiger partial charge in [-0.25, -0.2) is 4.79 Å². The molecule has 1 amide bonds. The molecule has 0 unspecified atom stereocenters. The highest BCUT2D eigenvalue weighted by Gasteiger charge is 2.30. The minimum absolute atomic E-state index is 0.174. The van der Waals surface area contributed by atoms with Crippen LogP contribution in [-0.4, -0.2) is 63.2 Å². The maximum atomic E-state index is 12.3. The monoisotopic (exact) mass is 323 g/mol. The first-order chi connectivity index (χ1) is 11.2. The number of rotatable bonds is 6. The molecular weight excluding hydrogens is 298 g/mol. The van der Waals surface area contributed by atoms with Crippen LogP contribution in [0, 0.1) is 0 Å². The van der Waals surface area contributed by atoms with Crippen LogP contribution >= 0.6 is 0 Å². The van der Waals surface area contributed by atoms with E-state index < -0.39 is 0 Å². The molecular formula is C17H25NO5. The predicted molar refractivity (Wildman–Crippen MR) is 85.2 cm³/mol. The Morgan fingerprint density at radius 2 is 2.13 bits per heavy atom. The second-order valence-corrected chi connectivity index (χ2v) is 5.33. The van der Waals surface area contributed by atoms with Crippen molar-refractivity contribution in [3.05, 3.63) is 35.9 Å². The van der Waals surface area contributed by atoms with Gasteiger partial charge in [-0.2, -0.15) is 0 Å². The zero-order chi connectivity index (χ0) is 16.5. The molecule has 0 bridgehead atoms. The van der Waals surface area contributed by atoms with Crippen LogP contribution in [0.1, 0.15) is 12.5 Å². The van der Waals surface area contributed by atoms with Crippen LogP contribution in [0.4, 0.5) is 4.79 Å². The lowest BCUT2D eigenvalue weighted by Crippen LogP contribution is -2.42. The van der Waals surface area contributed by atoms with Crippen LogP contribution < -0.4 is 0 Å². The summed E-state index contributed by atoms with van der Waals surface area (Å²) in [6.07, 6.45) is -0.753. The molecule has 0 spiro atoms. The number of carbonyl (C=O) groups is 1. The summed E-state index contributed by atoms with van der Waals surface area (Å²) in [6.45, 7) is 4.64. The molecule has 1 saturated heterocycles. The number of methoxy groups -OCH3 is 1. The van der Waals surface area contributed by atoms with Gasteiger partial charge in [0.25, 0.3) is 0 Å². The van der Waals surface area contributed by atoms with Gasteiger partial charge in [-0.05, 0) is 12.5 Å². The fraction of sp³-hybridized carbons (Fsp3) is 0.588. The molecule has 0 radical (unpaired) electrons. The number of amides is 1. The molecule has 0 N–H and O–H groups in total. The maximum absolute atomic E-state index is 12.3. The minimum Gasteiger partial charge on any atom is -0.445 e. The van der Waals surface area contributed by atoms with E-state index in [4.69, 9.17) is 18.9 Å². The fourth-order valence-electron chi connectivity index (χ4n) is 2.44. The number of nitrogens with zero attached hydrogens (tertiary/aromatic N) is 1. The molecule has 1 fully saturated rings. The van der Waals surface area contributed by atoms with Crippen molar-refractivity contribution < 1.29 is 23.7 Å². The van der Waals surface area contributed by atoms with E-state index >= 15 is 0 Å². The molecule has 0 aliphatic carbocycles. The third-order valence-electron chi connectivity index (χ3n) is 3.76. The van der Waals surface area contributed by atoms with Crippen LogP contribution in [-0.2, 0) is 25.6 Å². The Hall–Kier alpha value is -1.63. The highest BCUT2D eigenvalue weighted by atomic mass is 16.6. The predicted octanol–water partition coefficient (Wildman–Crippen LogP) is 2.08. The molecule has 1 aromatic rings. The molecule has 1 aliphatic heterocycles. The molecule has 128 valence electrons. The molecule has 1 aliphatic rings. The third-order valence-corrected chi connectivity index (χ3v) is 3.76. The normalized spacial score (nSPS) is 21.7. The van der Waals surface area contributed by atoms with Gasteiger partial charge in [0.15, 0.2) is 0 Å². The Kier molecular flexibility index (Phi) is 7.32. The molecule has 2 atom stereocenters. The molecule has 0 saturated carbocycles. The number of ether oxygens (including phenoxy) is 4. The van der Waals surface area contributed by atoms with Crippen molar-refractivity contribution in [2.24, 2.45) is 0 Å². The Morgan fingerprint density at radius 1 is 1.35 bits per heavy atom. The van der Waals surface area contributed by atoms with Crippen LogP contribution in [0.3, 0.4) is 0 Å². The number of carbonyl (C=O) groups excluding carboxylic acids is 1. The Morgan fingerprint density at radius 3 is 2.83 bits per heavy atom. The summed E-state index contributed by atoms with van der Waals surface area (Å²) in [7, 11) is 1.62. The van der Waals surface area contributed by atoms with Crippen LogP contribution in [0.2, 0.25) is 0 Å². The van der Waals surface area contributed by atoms with Crippen molar-refractivity contribution in [2.45, 2.75) is 25.7 Å². The van der Waals surface area contributed by atoms with Gasteiger partial charge in [0.1, 0.15) is 18.8 Å². The summed E-state index contributed by atoms with van der Waals surface area (Å²) in [5.74, 6) is 0. The standard InChI is InChI=1S/C17H25NO5/c1-3-21-13-16-15(20-2)11-18(9-10-22-16)17(19)23-12-14-7-5-4-6-8-14/h4-8,15-16H,3,9-13H2,1-2H3/t15-,16+/m0/s1. The molecule has 1 heterocycles. The van der Waals surface area contributed by atoms with E-state index in [1.165, 1.54) is 0 Å².